The summed E-state index contributed by atoms with van der Waals surface area (Å²) in [7, 11) is 1.67. The Kier molecular flexibility index (Phi) is 6.43. The van der Waals surface area contributed by atoms with Crippen LogP contribution < -0.4 is 15.8 Å². The maximum Gasteiger partial charge on any atom is 0.387 e. The molecule has 2 aromatic rings. The monoisotopic (exact) mass is 403 g/mol. The first kappa shape index (κ1) is 20.7. The molecule has 29 heavy (non-hydrogen) atoms. The first-order valence-electron chi connectivity index (χ1n) is 9.26. The molecule has 1 heterocycles. The van der Waals surface area contributed by atoms with E-state index in [1.165, 1.54) is 12.1 Å². The van der Waals surface area contributed by atoms with Crippen LogP contribution in [0.4, 0.5) is 8.78 Å². The van der Waals surface area contributed by atoms with Crippen molar-refractivity contribution in [3.05, 3.63) is 65.2 Å². The summed E-state index contributed by atoms with van der Waals surface area (Å²) in [5, 5.41) is 2.55. The number of benzene rings is 2. The number of nitrogens with two attached hydrogens (primary N) is 1. The van der Waals surface area contributed by atoms with Crippen LogP contribution in [0.3, 0.4) is 0 Å². The molecule has 0 bridgehead atoms. The first-order chi connectivity index (χ1) is 14.0. The van der Waals surface area contributed by atoms with Gasteiger partial charge in [-0.05, 0) is 48.1 Å². The number of aryl methyl sites for hydroxylation is 1. The van der Waals surface area contributed by atoms with Gasteiger partial charge in [-0.15, -0.1) is 0 Å². The van der Waals surface area contributed by atoms with Crippen molar-refractivity contribution in [2.75, 3.05) is 13.7 Å². The summed E-state index contributed by atoms with van der Waals surface area (Å²) in [5.41, 5.74) is 6.65. The number of carbonyl (C=O) groups is 1. The molecule has 1 atom stereocenters. The lowest BCUT2D eigenvalue weighted by atomic mass is 9.82. The molecular weight excluding hydrogens is 380 g/mol. The number of amides is 1. The topological polar surface area (TPSA) is 85.9 Å². The summed E-state index contributed by atoms with van der Waals surface area (Å²) < 4.78 is 34.3. The number of nitrogens with one attached hydrogen (secondary N) is 1. The number of rotatable bonds is 9. The van der Waals surface area contributed by atoms with Crippen molar-refractivity contribution in [2.24, 2.45) is 10.7 Å². The van der Waals surface area contributed by atoms with Crippen molar-refractivity contribution in [1.82, 2.24) is 5.32 Å². The van der Waals surface area contributed by atoms with E-state index in [2.05, 4.69) is 15.0 Å². The van der Waals surface area contributed by atoms with E-state index in [9.17, 15) is 13.6 Å². The average Bonchev–Trinajstić information content (AvgIpc) is 3.00. The van der Waals surface area contributed by atoms with Crippen molar-refractivity contribution in [2.45, 2.75) is 31.4 Å². The molecule has 1 amide bonds. The Labute approximate surface area is 167 Å². The van der Waals surface area contributed by atoms with Gasteiger partial charge in [0.2, 0.25) is 0 Å². The van der Waals surface area contributed by atoms with Crippen molar-refractivity contribution in [3.8, 4) is 5.75 Å². The van der Waals surface area contributed by atoms with Crippen LogP contribution in [-0.2, 0) is 21.5 Å². The molecule has 3 rings (SSSR count). The molecule has 0 radical (unpaired) electrons. The van der Waals surface area contributed by atoms with Crippen LogP contribution in [-0.4, -0.2) is 32.2 Å². The van der Waals surface area contributed by atoms with E-state index in [4.69, 9.17) is 10.5 Å². The van der Waals surface area contributed by atoms with Crippen molar-refractivity contribution in [1.29, 1.82) is 0 Å². The van der Waals surface area contributed by atoms with Crippen molar-refractivity contribution in [3.63, 3.8) is 0 Å². The molecule has 0 fully saturated rings. The van der Waals surface area contributed by atoms with E-state index in [1.807, 2.05) is 24.3 Å². The van der Waals surface area contributed by atoms with Gasteiger partial charge in [0.1, 0.15) is 5.75 Å². The highest BCUT2D eigenvalue weighted by molar-refractivity contribution is 6.09. The smallest absolute Gasteiger partial charge is 0.387 e. The van der Waals surface area contributed by atoms with Gasteiger partial charge in [0.25, 0.3) is 5.91 Å². The van der Waals surface area contributed by atoms with Gasteiger partial charge in [-0.1, -0.05) is 36.4 Å². The van der Waals surface area contributed by atoms with Crippen LogP contribution in [0, 0.1) is 0 Å². The summed E-state index contributed by atoms with van der Waals surface area (Å²) in [6.07, 6.45) is 2.71. The summed E-state index contributed by atoms with van der Waals surface area (Å²) >= 11 is 0. The van der Waals surface area contributed by atoms with Gasteiger partial charge in [0.05, 0.1) is 0 Å². The summed E-state index contributed by atoms with van der Waals surface area (Å²) in [6, 6.07) is 13.5. The quantitative estimate of drug-likeness (QED) is 0.631. The van der Waals surface area contributed by atoms with Crippen molar-refractivity contribution < 1.29 is 23.0 Å². The van der Waals surface area contributed by atoms with Crippen molar-refractivity contribution >= 4 is 11.9 Å². The molecule has 0 saturated heterocycles. The number of ether oxygens (including phenoxy) is 2. The minimum Gasteiger partial charge on any atom is -0.435 e. The minimum absolute atomic E-state index is 0.00107. The Balaban J connectivity index is 1.95. The van der Waals surface area contributed by atoms with Gasteiger partial charge < -0.3 is 15.2 Å². The predicted molar refractivity (Wildman–Crippen MR) is 105 cm³/mol. The Morgan fingerprint density at radius 1 is 1.14 bits per heavy atom. The van der Waals surface area contributed by atoms with Gasteiger partial charge in [-0.2, -0.15) is 8.78 Å². The third-order valence-electron chi connectivity index (χ3n) is 4.76. The summed E-state index contributed by atoms with van der Waals surface area (Å²) in [5.74, 6) is -0.386. The highest BCUT2D eigenvalue weighted by Crippen LogP contribution is 2.38. The molecule has 0 spiro atoms. The minimum atomic E-state index is -2.92. The third kappa shape index (κ3) is 4.54. The van der Waals surface area contributed by atoms with E-state index in [1.54, 1.807) is 19.2 Å². The average molecular weight is 403 g/mol. The summed E-state index contributed by atoms with van der Waals surface area (Å²) in [6.45, 7) is -2.23. The number of guanidine groups is 1. The highest BCUT2D eigenvalue weighted by atomic mass is 19.3. The van der Waals surface area contributed by atoms with E-state index in [0.29, 0.717) is 17.7 Å². The number of hydrogen-bond acceptors (Lipinski definition) is 5. The molecule has 3 N–H and O–H groups in total. The second-order valence-corrected chi connectivity index (χ2v) is 6.71. The molecule has 0 saturated carbocycles. The predicted octanol–water partition coefficient (Wildman–Crippen LogP) is 2.95. The number of carbonyl (C=O) groups excluding carboxylic acids is 1. The number of halogens is 2. The fourth-order valence-electron chi connectivity index (χ4n) is 3.43. The molecule has 6 nitrogen and oxygen atoms in total. The second kappa shape index (κ2) is 9.00. The fourth-order valence-corrected chi connectivity index (χ4v) is 3.43. The van der Waals surface area contributed by atoms with E-state index >= 15 is 0 Å². The molecular formula is C21H23F2N3O3. The Morgan fingerprint density at radius 2 is 1.90 bits per heavy atom. The molecule has 1 aliphatic heterocycles. The lowest BCUT2D eigenvalue weighted by molar-refractivity contribution is -0.122. The Bertz CT molecular complexity index is 887. The van der Waals surface area contributed by atoms with Crippen LogP contribution in [0.2, 0.25) is 0 Å². The number of aliphatic imine (C=N–C) groups is 1. The van der Waals surface area contributed by atoms with Gasteiger partial charge >= 0.3 is 6.61 Å². The maximum absolute atomic E-state index is 12.9. The molecule has 154 valence electrons. The molecule has 1 aliphatic rings. The number of nitrogens with zero attached hydrogens (tertiary/aromatic N) is 1. The zero-order chi connectivity index (χ0) is 20.9. The van der Waals surface area contributed by atoms with Gasteiger partial charge in [-0.3, -0.25) is 10.1 Å². The Hall–Kier alpha value is -3.00. The molecule has 1 unspecified atom stereocenters. The zero-order valence-corrected chi connectivity index (χ0v) is 16.0. The molecule has 8 heteroatoms. The first-order valence-corrected chi connectivity index (χ1v) is 9.26. The number of methoxy groups -OCH3 is 1. The number of unbranched alkanes of at least 4 members (excludes halogenated alkanes) is 1. The molecule has 0 aliphatic carbocycles. The van der Waals surface area contributed by atoms with Crippen LogP contribution in [0.15, 0.2) is 53.5 Å². The molecule has 2 aromatic carbocycles. The van der Waals surface area contributed by atoms with E-state index < -0.39 is 18.1 Å². The van der Waals surface area contributed by atoms with Crippen LogP contribution in [0.25, 0.3) is 0 Å². The van der Waals surface area contributed by atoms with Gasteiger partial charge in [0.15, 0.2) is 11.5 Å². The SMILES string of the molecule is COCCCCc1cccc(C2(c3ccc(OC(F)F)cc3)N=C(N)NC2=O)c1. The van der Waals surface area contributed by atoms with Gasteiger partial charge in [-0.25, -0.2) is 4.99 Å². The van der Waals surface area contributed by atoms with Crippen LogP contribution in [0.5, 0.6) is 5.75 Å². The number of alkyl halides is 2. The van der Waals surface area contributed by atoms with E-state index in [-0.39, 0.29) is 11.7 Å². The van der Waals surface area contributed by atoms with Gasteiger partial charge in [0, 0.05) is 13.7 Å². The fraction of sp³-hybridized carbons (Fsp3) is 0.333. The molecule has 0 aromatic heterocycles. The van der Waals surface area contributed by atoms with Crippen LogP contribution in [0.1, 0.15) is 29.5 Å². The third-order valence-corrected chi connectivity index (χ3v) is 4.76. The second-order valence-electron chi connectivity index (χ2n) is 6.71. The Morgan fingerprint density at radius 3 is 2.52 bits per heavy atom. The largest absolute Gasteiger partial charge is 0.435 e. The van der Waals surface area contributed by atoms with Crippen LogP contribution >= 0.6 is 0 Å². The zero-order valence-electron chi connectivity index (χ0n) is 16.0. The maximum atomic E-state index is 12.9. The normalized spacial score (nSPS) is 18.6. The van der Waals surface area contributed by atoms with E-state index in [0.717, 1.165) is 24.8 Å². The highest BCUT2D eigenvalue weighted by Gasteiger charge is 2.46. The standard InChI is InChI=1S/C21H23F2N3O3/c1-28-12-3-2-5-14-6-4-7-16(13-14)21(18(27)25-20(24)26-21)15-8-10-17(11-9-15)29-19(22)23/h4,6-11,13,19H,2-3,5,12H2,1H3,(H3,24,25,26,27). The lowest BCUT2D eigenvalue weighted by Gasteiger charge is -2.25. The lowest BCUT2D eigenvalue weighted by Crippen LogP contribution is -2.39. The number of hydrogen-bond donors (Lipinski definition) is 2. The summed E-state index contributed by atoms with van der Waals surface area (Å²) in [4.78, 5) is 17.3.